The molecule has 0 saturated carbocycles. The van der Waals surface area contributed by atoms with E-state index in [2.05, 4.69) is 58.6 Å². The zero-order valence-electron chi connectivity index (χ0n) is 15.4. The number of piperazine rings is 1. The molecule has 1 aliphatic heterocycles. The second-order valence-electron chi connectivity index (χ2n) is 6.71. The quantitative estimate of drug-likeness (QED) is 0.814. The summed E-state index contributed by atoms with van der Waals surface area (Å²) in [5, 5.41) is 3.01. The number of carbonyl (C=O) groups is 1. The highest BCUT2D eigenvalue weighted by atomic mass is 32.2. The van der Waals surface area contributed by atoms with E-state index in [1.807, 2.05) is 18.2 Å². The highest BCUT2D eigenvalue weighted by molar-refractivity contribution is 7.99. The fourth-order valence-electron chi connectivity index (χ4n) is 2.98. The molecule has 26 heavy (non-hydrogen) atoms. The van der Waals surface area contributed by atoms with Gasteiger partial charge in [-0.25, -0.2) is 0 Å². The third-order valence-corrected chi connectivity index (χ3v) is 5.64. The van der Waals surface area contributed by atoms with Crippen LogP contribution in [0.25, 0.3) is 0 Å². The number of carbonyl (C=O) groups excluding carboxylic acids is 1. The maximum atomic E-state index is 12.0. The van der Waals surface area contributed by atoms with Crippen LogP contribution >= 0.6 is 11.8 Å². The first-order valence-electron chi connectivity index (χ1n) is 9.11. The zero-order chi connectivity index (χ0) is 18.2. The normalized spacial score (nSPS) is 15.0. The molecule has 1 amide bonds. The molecule has 2 aromatic rings. The number of amides is 1. The Balaban J connectivity index is 1.38. The average molecular weight is 370 g/mol. The summed E-state index contributed by atoms with van der Waals surface area (Å²) < 4.78 is 0. The third kappa shape index (κ3) is 5.78. The summed E-state index contributed by atoms with van der Waals surface area (Å²) in [5.41, 5.74) is 3.67. The lowest BCUT2D eigenvalue weighted by atomic mass is 10.2. The number of thioether (sulfide) groups is 1. The molecule has 5 heteroatoms. The van der Waals surface area contributed by atoms with Gasteiger partial charge in [-0.15, -0.1) is 11.8 Å². The van der Waals surface area contributed by atoms with Crippen LogP contribution in [-0.4, -0.2) is 49.8 Å². The van der Waals surface area contributed by atoms with Crippen molar-refractivity contribution in [2.75, 3.05) is 43.9 Å². The van der Waals surface area contributed by atoms with Crippen LogP contribution in [0.2, 0.25) is 0 Å². The van der Waals surface area contributed by atoms with Crippen LogP contribution in [0.5, 0.6) is 0 Å². The Bertz CT molecular complexity index is 682. The Morgan fingerprint density at radius 1 is 0.962 bits per heavy atom. The van der Waals surface area contributed by atoms with Gasteiger partial charge in [-0.2, -0.15) is 0 Å². The Hall–Kier alpha value is -1.98. The fraction of sp³-hybridized carbons (Fsp3) is 0.381. The molecule has 1 saturated heterocycles. The minimum absolute atomic E-state index is 0.0917. The van der Waals surface area contributed by atoms with Crippen molar-refractivity contribution in [3.05, 3.63) is 65.7 Å². The summed E-state index contributed by atoms with van der Waals surface area (Å²) in [4.78, 5) is 16.8. The minimum atomic E-state index is 0.0917. The molecule has 0 radical (unpaired) electrons. The Labute approximate surface area is 160 Å². The van der Waals surface area contributed by atoms with Gasteiger partial charge in [0.1, 0.15) is 0 Å². The minimum Gasteiger partial charge on any atom is -0.369 e. The van der Waals surface area contributed by atoms with Gasteiger partial charge in [-0.3, -0.25) is 4.79 Å². The van der Waals surface area contributed by atoms with Gasteiger partial charge in [0.2, 0.25) is 5.91 Å². The predicted molar refractivity (Wildman–Crippen MR) is 111 cm³/mol. The maximum absolute atomic E-state index is 12.0. The van der Waals surface area contributed by atoms with Crippen molar-refractivity contribution in [2.45, 2.75) is 12.3 Å². The first kappa shape index (κ1) is 18.8. The number of hydrogen-bond donors (Lipinski definition) is 1. The molecule has 0 unspecified atom stereocenters. The largest absolute Gasteiger partial charge is 0.369 e. The number of benzene rings is 2. The standard InChI is InChI=1S/C21H27N3OS/c1-23-11-13-24(14-12-23)20-9-7-18(8-10-20)15-22-21(25)17-26-16-19-5-3-2-4-6-19/h2-10H,11-17H2,1H3,(H,22,25). The van der Waals surface area contributed by atoms with Crippen LogP contribution < -0.4 is 10.2 Å². The molecule has 138 valence electrons. The molecule has 1 fully saturated rings. The van der Waals surface area contributed by atoms with Crippen molar-refractivity contribution in [3.8, 4) is 0 Å². The predicted octanol–water partition coefficient (Wildman–Crippen LogP) is 2.99. The Morgan fingerprint density at radius 2 is 1.65 bits per heavy atom. The van der Waals surface area contributed by atoms with Gasteiger partial charge in [0, 0.05) is 44.2 Å². The molecule has 4 nitrogen and oxygen atoms in total. The van der Waals surface area contributed by atoms with Crippen LogP contribution in [0.1, 0.15) is 11.1 Å². The number of rotatable bonds is 7. The van der Waals surface area contributed by atoms with Crippen LogP contribution in [0.3, 0.4) is 0 Å². The maximum Gasteiger partial charge on any atom is 0.230 e. The Morgan fingerprint density at radius 3 is 2.35 bits per heavy atom. The molecular weight excluding hydrogens is 342 g/mol. The SMILES string of the molecule is CN1CCN(c2ccc(CNC(=O)CSCc3ccccc3)cc2)CC1. The van der Waals surface area contributed by atoms with E-state index in [0.717, 1.165) is 37.5 Å². The lowest BCUT2D eigenvalue weighted by Crippen LogP contribution is -2.44. The van der Waals surface area contributed by atoms with Crippen LogP contribution in [0, 0.1) is 0 Å². The van der Waals surface area contributed by atoms with Crippen molar-refractivity contribution in [2.24, 2.45) is 0 Å². The number of likely N-dealkylation sites (N-methyl/N-ethyl adjacent to an activating group) is 1. The topological polar surface area (TPSA) is 35.6 Å². The highest BCUT2D eigenvalue weighted by Gasteiger charge is 2.13. The molecule has 1 aliphatic rings. The van der Waals surface area contributed by atoms with E-state index in [1.54, 1.807) is 11.8 Å². The van der Waals surface area contributed by atoms with Gasteiger partial charge in [-0.05, 0) is 30.3 Å². The van der Waals surface area contributed by atoms with E-state index >= 15 is 0 Å². The fourth-order valence-corrected chi connectivity index (χ4v) is 3.79. The van der Waals surface area contributed by atoms with Crippen molar-refractivity contribution >= 4 is 23.4 Å². The first-order chi connectivity index (χ1) is 12.7. The third-order valence-electron chi connectivity index (χ3n) is 4.64. The second-order valence-corrected chi connectivity index (χ2v) is 7.70. The van der Waals surface area contributed by atoms with Gasteiger partial charge in [-0.1, -0.05) is 42.5 Å². The Kier molecular flexibility index (Phi) is 6.97. The molecule has 3 rings (SSSR count). The summed E-state index contributed by atoms with van der Waals surface area (Å²) >= 11 is 1.65. The van der Waals surface area contributed by atoms with E-state index in [4.69, 9.17) is 0 Å². The molecule has 1 heterocycles. The summed E-state index contributed by atoms with van der Waals surface area (Å²) in [6.45, 7) is 4.96. The van der Waals surface area contributed by atoms with E-state index in [0.29, 0.717) is 12.3 Å². The molecule has 2 aromatic carbocycles. The summed E-state index contributed by atoms with van der Waals surface area (Å²) in [6, 6.07) is 18.8. The lowest BCUT2D eigenvalue weighted by Gasteiger charge is -2.34. The van der Waals surface area contributed by atoms with Crippen LogP contribution in [0.15, 0.2) is 54.6 Å². The van der Waals surface area contributed by atoms with Crippen LogP contribution in [0.4, 0.5) is 5.69 Å². The molecule has 0 spiro atoms. The van der Waals surface area contributed by atoms with Gasteiger partial charge < -0.3 is 15.1 Å². The molecule has 0 bridgehead atoms. The van der Waals surface area contributed by atoms with E-state index < -0.39 is 0 Å². The summed E-state index contributed by atoms with van der Waals surface area (Å²) in [7, 11) is 2.17. The van der Waals surface area contributed by atoms with Crippen molar-refractivity contribution in [1.29, 1.82) is 0 Å². The van der Waals surface area contributed by atoms with E-state index in [-0.39, 0.29) is 5.91 Å². The number of nitrogens with one attached hydrogen (secondary N) is 1. The molecule has 0 atom stereocenters. The first-order valence-corrected chi connectivity index (χ1v) is 10.3. The molecule has 1 N–H and O–H groups in total. The molecule has 0 aliphatic carbocycles. The number of anilines is 1. The molecular formula is C21H27N3OS. The lowest BCUT2D eigenvalue weighted by molar-refractivity contribution is -0.118. The monoisotopic (exact) mass is 369 g/mol. The molecule has 0 aromatic heterocycles. The zero-order valence-corrected chi connectivity index (χ0v) is 16.2. The second kappa shape index (κ2) is 9.64. The summed E-state index contributed by atoms with van der Waals surface area (Å²) in [6.07, 6.45) is 0. The van der Waals surface area contributed by atoms with Gasteiger partial charge in [0.15, 0.2) is 0 Å². The smallest absolute Gasteiger partial charge is 0.230 e. The van der Waals surface area contributed by atoms with Gasteiger partial charge in [0.05, 0.1) is 5.75 Å². The van der Waals surface area contributed by atoms with Gasteiger partial charge in [0.25, 0.3) is 0 Å². The van der Waals surface area contributed by atoms with E-state index in [9.17, 15) is 4.79 Å². The number of nitrogens with zero attached hydrogens (tertiary/aromatic N) is 2. The highest BCUT2D eigenvalue weighted by Crippen LogP contribution is 2.17. The van der Waals surface area contributed by atoms with Crippen molar-refractivity contribution in [1.82, 2.24) is 10.2 Å². The average Bonchev–Trinajstić information content (AvgIpc) is 2.68. The number of hydrogen-bond acceptors (Lipinski definition) is 4. The van der Waals surface area contributed by atoms with Crippen LogP contribution in [-0.2, 0) is 17.1 Å². The van der Waals surface area contributed by atoms with Crippen molar-refractivity contribution in [3.63, 3.8) is 0 Å². The van der Waals surface area contributed by atoms with E-state index in [1.165, 1.54) is 11.3 Å². The van der Waals surface area contributed by atoms with Gasteiger partial charge >= 0.3 is 0 Å². The summed E-state index contributed by atoms with van der Waals surface area (Å²) in [5.74, 6) is 1.46. The van der Waals surface area contributed by atoms with Crippen molar-refractivity contribution < 1.29 is 4.79 Å².